The maximum Gasteiger partial charge on any atom is 0.306 e. The largest absolute Gasteiger partial charge is 0.453 e. The van der Waals surface area contributed by atoms with Gasteiger partial charge in [-0.1, -0.05) is 66.7 Å². The van der Waals surface area contributed by atoms with Crippen molar-refractivity contribution in [1.29, 1.82) is 0 Å². The van der Waals surface area contributed by atoms with Gasteiger partial charge >= 0.3 is 5.97 Å². The number of hydrogen-bond acceptors (Lipinski definition) is 3. The second kappa shape index (κ2) is 8.30. The standard InChI is InChI=1S/C22H21NO3/c1-16(26-21(24)15-14-17-8-3-2-4-9-17)22(25)23-20-13-7-11-18-10-5-6-12-19(18)20/h2-13,16H,14-15H2,1H3,(H,23,25)/t16-/m1/s1. The Bertz CT molecular complexity index is 900. The maximum absolute atomic E-state index is 12.4. The molecular formula is C22H21NO3. The fourth-order valence-corrected chi connectivity index (χ4v) is 2.77. The lowest BCUT2D eigenvalue weighted by atomic mass is 10.1. The van der Waals surface area contributed by atoms with Gasteiger partial charge in [-0.25, -0.2) is 0 Å². The van der Waals surface area contributed by atoms with Gasteiger partial charge in [0, 0.05) is 17.5 Å². The first-order valence-corrected chi connectivity index (χ1v) is 8.65. The lowest BCUT2D eigenvalue weighted by Crippen LogP contribution is -2.30. The Kier molecular flexibility index (Phi) is 5.64. The molecular weight excluding hydrogens is 326 g/mol. The van der Waals surface area contributed by atoms with Crippen molar-refractivity contribution in [2.24, 2.45) is 0 Å². The lowest BCUT2D eigenvalue weighted by Gasteiger charge is -2.14. The monoisotopic (exact) mass is 347 g/mol. The molecule has 0 saturated carbocycles. The van der Waals surface area contributed by atoms with Gasteiger partial charge in [-0.3, -0.25) is 9.59 Å². The fourth-order valence-electron chi connectivity index (χ4n) is 2.77. The van der Waals surface area contributed by atoms with Crippen molar-refractivity contribution >= 4 is 28.3 Å². The Labute approximate surface area is 152 Å². The van der Waals surface area contributed by atoms with Crippen LogP contribution in [0.5, 0.6) is 0 Å². The molecule has 3 rings (SSSR count). The van der Waals surface area contributed by atoms with Crippen LogP contribution in [0.2, 0.25) is 0 Å². The van der Waals surface area contributed by atoms with E-state index in [0.717, 1.165) is 16.3 Å². The molecule has 0 heterocycles. The van der Waals surface area contributed by atoms with Gasteiger partial charge in [-0.2, -0.15) is 0 Å². The first-order chi connectivity index (χ1) is 12.6. The van der Waals surface area contributed by atoms with Crippen LogP contribution in [0, 0.1) is 0 Å². The number of rotatable bonds is 6. The topological polar surface area (TPSA) is 55.4 Å². The third-order valence-corrected chi connectivity index (χ3v) is 4.19. The van der Waals surface area contributed by atoms with Gasteiger partial charge < -0.3 is 10.1 Å². The molecule has 1 atom stereocenters. The second-order valence-electron chi connectivity index (χ2n) is 6.13. The van der Waals surface area contributed by atoms with Gasteiger partial charge in [0.25, 0.3) is 5.91 Å². The maximum atomic E-state index is 12.4. The quantitative estimate of drug-likeness (QED) is 0.675. The number of nitrogens with one attached hydrogen (secondary N) is 1. The number of benzene rings is 3. The molecule has 0 bridgehead atoms. The number of anilines is 1. The minimum atomic E-state index is -0.850. The Morgan fingerprint density at radius 2 is 1.62 bits per heavy atom. The Morgan fingerprint density at radius 1 is 0.923 bits per heavy atom. The molecule has 0 fully saturated rings. The second-order valence-corrected chi connectivity index (χ2v) is 6.13. The Morgan fingerprint density at radius 3 is 2.42 bits per heavy atom. The summed E-state index contributed by atoms with van der Waals surface area (Å²) in [5.41, 5.74) is 1.78. The average Bonchev–Trinajstić information content (AvgIpc) is 2.67. The summed E-state index contributed by atoms with van der Waals surface area (Å²) >= 11 is 0. The van der Waals surface area contributed by atoms with E-state index in [9.17, 15) is 9.59 Å². The van der Waals surface area contributed by atoms with Crippen molar-refractivity contribution in [1.82, 2.24) is 0 Å². The summed E-state index contributed by atoms with van der Waals surface area (Å²) in [5, 5.41) is 4.84. The van der Waals surface area contributed by atoms with E-state index in [1.807, 2.05) is 72.8 Å². The number of hydrogen-bond donors (Lipinski definition) is 1. The van der Waals surface area contributed by atoms with Crippen LogP contribution in [0.3, 0.4) is 0 Å². The number of amides is 1. The molecule has 0 saturated heterocycles. The van der Waals surface area contributed by atoms with E-state index in [0.29, 0.717) is 12.1 Å². The van der Waals surface area contributed by atoms with Crippen LogP contribution < -0.4 is 5.32 Å². The summed E-state index contributed by atoms with van der Waals surface area (Å²) < 4.78 is 5.27. The number of esters is 1. The van der Waals surface area contributed by atoms with E-state index in [4.69, 9.17) is 4.74 Å². The highest BCUT2D eigenvalue weighted by Gasteiger charge is 2.18. The minimum absolute atomic E-state index is 0.246. The molecule has 0 unspecified atom stereocenters. The molecule has 1 N–H and O–H groups in total. The highest BCUT2D eigenvalue weighted by molar-refractivity contribution is 6.03. The zero-order valence-electron chi connectivity index (χ0n) is 14.6. The number of fused-ring (bicyclic) bond motifs is 1. The van der Waals surface area contributed by atoms with E-state index in [1.165, 1.54) is 0 Å². The summed E-state index contributed by atoms with van der Waals surface area (Å²) in [6.45, 7) is 1.58. The van der Waals surface area contributed by atoms with Crippen molar-refractivity contribution in [2.75, 3.05) is 5.32 Å². The molecule has 132 valence electrons. The van der Waals surface area contributed by atoms with E-state index in [-0.39, 0.29) is 18.3 Å². The van der Waals surface area contributed by atoms with Gasteiger partial charge in [-0.05, 0) is 30.4 Å². The third-order valence-electron chi connectivity index (χ3n) is 4.19. The molecule has 4 heteroatoms. The van der Waals surface area contributed by atoms with Gasteiger partial charge in [0.1, 0.15) is 0 Å². The molecule has 3 aromatic rings. The van der Waals surface area contributed by atoms with Crippen molar-refractivity contribution in [3.05, 3.63) is 78.4 Å². The summed E-state index contributed by atoms with van der Waals surface area (Å²) in [6.07, 6.45) is -0.00926. The predicted molar refractivity (Wildman–Crippen MR) is 103 cm³/mol. The van der Waals surface area contributed by atoms with Crippen molar-refractivity contribution in [3.63, 3.8) is 0 Å². The van der Waals surface area contributed by atoms with Crippen molar-refractivity contribution in [2.45, 2.75) is 25.9 Å². The van der Waals surface area contributed by atoms with Crippen LogP contribution in [0.15, 0.2) is 72.8 Å². The minimum Gasteiger partial charge on any atom is -0.453 e. The predicted octanol–water partition coefficient (Wildman–Crippen LogP) is 4.34. The fraction of sp³-hybridized carbons (Fsp3) is 0.182. The lowest BCUT2D eigenvalue weighted by molar-refractivity contribution is -0.153. The van der Waals surface area contributed by atoms with E-state index < -0.39 is 6.10 Å². The summed E-state index contributed by atoms with van der Waals surface area (Å²) in [6, 6.07) is 23.2. The van der Waals surface area contributed by atoms with E-state index in [2.05, 4.69) is 5.32 Å². The van der Waals surface area contributed by atoms with Crippen LogP contribution in [0.1, 0.15) is 18.9 Å². The van der Waals surface area contributed by atoms with E-state index in [1.54, 1.807) is 6.92 Å². The molecule has 4 nitrogen and oxygen atoms in total. The molecule has 1 amide bonds. The van der Waals surface area contributed by atoms with Crippen molar-refractivity contribution in [3.8, 4) is 0 Å². The highest BCUT2D eigenvalue weighted by atomic mass is 16.5. The third kappa shape index (κ3) is 4.48. The first-order valence-electron chi connectivity index (χ1n) is 8.65. The molecule has 0 spiro atoms. The zero-order chi connectivity index (χ0) is 18.4. The first kappa shape index (κ1) is 17.7. The Hall–Kier alpha value is -3.14. The number of ether oxygens (including phenoxy) is 1. The normalized spacial score (nSPS) is 11.7. The molecule has 0 aliphatic carbocycles. The van der Waals surface area contributed by atoms with Gasteiger partial charge in [0.2, 0.25) is 0 Å². The number of carbonyl (C=O) groups is 2. The molecule has 0 radical (unpaired) electrons. The molecule has 3 aromatic carbocycles. The van der Waals surface area contributed by atoms with Crippen LogP contribution in [-0.2, 0) is 20.7 Å². The molecule has 26 heavy (non-hydrogen) atoms. The smallest absolute Gasteiger partial charge is 0.306 e. The molecule has 0 aliphatic heterocycles. The van der Waals surface area contributed by atoms with Gasteiger partial charge in [0.05, 0.1) is 0 Å². The SMILES string of the molecule is C[C@@H](OC(=O)CCc1ccccc1)C(=O)Nc1cccc2ccccc12. The Balaban J connectivity index is 1.56. The van der Waals surface area contributed by atoms with Gasteiger partial charge in [-0.15, -0.1) is 0 Å². The summed E-state index contributed by atoms with van der Waals surface area (Å²) in [7, 11) is 0. The van der Waals surface area contributed by atoms with Crippen LogP contribution >= 0.6 is 0 Å². The van der Waals surface area contributed by atoms with Crippen LogP contribution in [-0.4, -0.2) is 18.0 Å². The summed E-state index contributed by atoms with van der Waals surface area (Å²) in [5.74, 6) is -0.719. The number of aryl methyl sites for hydroxylation is 1. The van der Waals surface area contributed by atoms with E-state index >= 15 is 0 Å². The summed E-state index contributed by atoms with van der Waals surface area (Å²) in [4.78, 5) is 24.4. The highest BCUT2D eigenvalue weighted by Crippen LogP contribution is 2.23. The van der Waals surface area contributed by atoms with Crippen molar-refractivity contribution < 1.29 is 14.3 Å². The molecule has 0 aliphatic rings. The van der Waals surface area contributed by atoms with Crippen LogP contribution in [0.4, 0.5) is 5.69 Å². The zero-order valence-corrected chi connectivity index (χ0v) is 14.6. The molecule has 0 aromatic heterocycles. The average molecular weight is 347 g/mol. The van der Waals surface area contributed by atoms with Crippen LogP contribution in [0.25, 0.3) is 10.8 Å². The van der Waals surface area contributed by atoms with Gasteiger partial charge in [0.15, 0.2) is 6.10 Å². The number of carbonyl (C=O) groups excluding carboxylic acids is 2.